The minimum Gasteiger partial charge on any atom is -0.480 e. The Morgan fingerprint density at radius 2 is 2.07 bits per heavy atom. The van der Waals surface area contributed by atoms with E-state index in [4.69, 9.17) is 9.63 Å². The number of hydrogen-bond acceptors (Lipinski definition) is 6. The van der Waals surface area contributed by atoms with Crippen LogP contribution in [0.5, 0.6) is 0 Å². The average molecular weight is 392 g/mol. The van der Waals surface area contributed by atoms with Crippen LogP contribution in [0.15, 0.2) is 47.0 Å². The van der Waals surface area contributed by atoms with E-state index in [2.05, 4.69) is 21.5 Å². The van der Waals surface area contributed by atoms with Crippen molar-refractivity contribution >= 4 is 12.4 Å². The summed E-state index contributed by atoms with van der Waals surface area (Å²) in [4.78, 5) is 27.5. The van der Waals surface area contributed by atoms with Crippen LogP contribution in [0.1, 0.15) is 16.7 Å². The molecule has 0 spiro atoms. The zero-order valence-corrected chi connectivity index (χ0v) is 15.7. The first kappa shape index (κ1) is 18.8. The zero-order chi connectivity index (χ0) is 20.2. The van der Waals surface area contributed by atoms with E-state index in [1.54, 1.807) is 0 Å². The number of nitrogens with zero attached hydrogens (tertiary/aromatic N) is 3. The monoisotopic (exact) mass is 392 g/mol. The predicted octanol–water partition coefficient (Wildman–Crippen LogP) is 2.09. The van der Waals surface area contributed by atoms with Gasteiger partial charge in [0.15, 0.2) is 0 Å². The lowest BCUT2D eigenvalue weighted by Gasteiger charge is -2.18. The number of hydrogen-bond donors (Lipinski definition) is 2. The molecule has 2 heterocycles. The van der Waals surface area contributed by atoms with E-state index in [1.165, 1.54) is 16.0 Å². The van der Waals surface area contributed by atoms with E-state index in [-0.39, 0.29) is 13.1 Å². The van der Waals surface area contributed by atoms with Crippen LogP contribution >= 0.6 is 0 Å². The normalized spacial score (nSPS) is 13.0. The van der Waals surface area contributed by atoms with Gasteiger partial charge in [-0.15, -0.1) is 0 Å². The molecular formula is C21H20N4O4. The lowest BCUT2D eigenvalue weighted by molar-refractivity contribution is -0.141. The van der Waals surface area contributed by atoms with Crippen molar-refractivity contribution in [2.75, 3.05) is 13.1 Å². The Balaban J connectivity index is 1.53. The van der Waals surface area contributed by atoms with Crippen LogP contribution in [0.25, 0.3) is 22.8 Å². The highest BCUT2D eigenvalue weighted by Crippen LogP contribution is 2.29. The summed E-state index contributed by atoms with van der Waals surface area (Å²) < 4.78 is 5.53. The number of carboxylic acid groups (broad SMARTS) is 1. The lowest BCUT2D eigenvalue weighted by atomic mass is 9.95. The van der Waals surface area contributed by atoms with E-state index in [0.717, 1.165) is 36.2 Å². The molecule has 29 heavy (non-hydrogen) atoms. The summed E-state index contributed by atoms with van der Waals surface area (Å²) in [5.41, 5.74) is 5.05. The van der Waals surface area contributed by atoms with Crippen molar-refractivity contribution in [2.45, 2.75) is 19.5 Å². The van der Waals surface area contributed by atoms with Crippen LogP contribution in [-0.2, 0) is 29.1 Å². The third kappa shape index (κ3) is 4.17. The fraction of sp³-hybridized carbons (Fsp3) is 0.238. The largest absolute Gasteiger partial charge is 0.480 e. The van der Waals surface area contributed by atoms with Gasteiger partial charge in [0.05, 0.1) is 0 Å². The van der Waals surface area contributed by atoms with Crippen LogP contribution < -0.4 is 5.32 Å². The molecule has 8 heteroatoms. The first-order chi connectivity index (χ1) is 14.1. The molecule has 0 bridgehead atoms. The first-order valence-electron chi connectivity index (χ1n) is 9.30. The number of benzene rings is 2. The number of aromatic nitrogens is 2. The van der Waals surface area contributed by atoms with Crippen molar-refractivity contribution in [1.29, 1.82) is 0 Å². The summed E-state index contributed by atoms with van der Waals surface area (Å²) in [6.07, 6.45) is 1.45. The Morgan fingerprint density at radius 3 is 2.83 bits per heavy atom. The van der Waals surface area contributed by atoms with Crippen LogP contribution in [-0.4, -0.2) is 45.6 Å². The zero-order valence-electron chi connectivity index (χ0n) is 15.7. The van der Waals surface area contributed by atoms with Gasteiger partial charge in [-0.1, -0.05) is 41.6 Å². The number of nitrogens with one attached hydrogen (secondary N) is 1. The molecule has 3 aromatic rings. The number of amides is 1. The van der Waals surface area contributed by atoms with E-state index >= 15 is 0 Å². The summed E-state index contributed by atoms with van der Waals surface area (Å²) in [5, 5.41) is 16.3. The summed E-state index contributed by atoms with van der Waals surface area (Å²) in [6, 6.07) is 13.4. The maximum Gasteiger partial charge on any atom is 0.323 e. The van der Waals surface area contributed by atoms with Crippen LogP contribution in [0.4, 0.5) is 0 Å². The molecule has 0 atom stereocenters. The number of carbonyl (C=O) groups excluding carboxylic acids is 1. The van der Waals surface area contributed by atoms with Gasteiger partial charge in [0.1, 0.15) is 6.54 Å². The lowest BCUT2D eigenvalue weighted by Crippen LogP contribution is -2.27. The Bertz CT molecular complexity index is 1030. The molecule has 0 saturated carbocycles. The molecule has 0 fully saturated rings. The molecule has 0 radical (unpaired) electrons. The molecule has 8 nitrogen and oxygen atoms in total. The second kappa shape index (κ2) is 8.24. The van der Waals surface area contributed by atoms with Gasteiger partial charge in [-0.2, -0.15) is 4.98 Å². The highest BCUT2D eigenvalue weighted by molar-refractivity contribution is 5.72. The van der Waals surface area contributed by atoms with Crippen molar-refractivity contribution in [3.63, 3.8) is 0 Å². The third-order valence-corrected chi connectivity index (χ3v) is 4.88. The van der Waals surface area contributed by atoms with Gasteiger partial charge in [-0.3, -0.25) is 9.59 Å². The van der Waals surface area contributed by atoms with Gasteiger partial charge in [-0.05, 0) is 35.7 Å². The predicted molar refractivity (Wildman–Crippen MR) is 105 cm³/mol. The maximum atomic E-state index is 11.0. The molecule has 2 aromatic carbocycles. The Morgan fingerprint density at radius 1 is 1.24 bits per heavy atom. The van der Waals surface area contributed by atoms with Gasteiger partial charge in [0.2, 0.25) is 12.2 Å². The van der Waals surface area contributed by atoms with E-state index in [9.17, 15) is 9.59 Å². The summed E-state index contributed by atoms with van der Waals surface area (Å²) in [6.45, 7) is 1.64. The van der Waals surface area contributed by atoms with Crippen molar-refractivity contribution in [3.8, 4) is 22.8 Å². The van der Waals surface area contributed by atoms with Gasteiger partial charge in [-0.25, -0.2) is 0 Å². The maximum absolute atomic E-state index is 11.0. The summed E-state index contributed by atoms with van der Waals surface area (Å²) in [7, 11) is 0. The van der Waals surface area contributed by atoms with Gasteiger partial charge < -0.3 is 19.8 Å². The van der Waals surface area contributed by atoms with Gasteiger partial charge in [0, 0.05) is 24.2 Å². The minimum atomic E-state index is -1.05. The Kier molecular flexibility index (Phi) is 5.35. The fourth-order valence-corrected chi connectivity index (χ4v) is 3.48. The van der Waals surface area contributed by atoms with Crippen LogP contribution in [0.2, 0.25) is 0 Å². The molecular weight excluding hydrogens is 372 g/mol. The number of aliphatic carboxylic acids is 1. The number of fused-ring (bicyclic) bond motifs is 1. The minimum absolute atomic E-state index is 0.220. The van der Waals surface area contributed by atoms with Crippen LogP contribution in [0.3, 0.4) is 0 Å². The average Bonchev–Trinajstić information content (AvgIpc) is 3.23. The second-order valence-electron chi connectivity index (χ2n) is 6.89. The highest BCUT2D eigenvalue weighted by atomic mass is 16.5. The molecule has 0 unspecified atom stereocenters. The van der Waals surface area contributed by atoms with Gasteiger partial charge in [0.25, 0.3) is 5.89 Å². The number of carboxylic acids is 1. The third-order valence-electron chi connectivity index (χ3n) is 4.88. The summed E-state index contributed by atoms with van der Waals surface area (Å²) >= 11 is 0. The number of carbonyl (C=O) groups is 2. The second-order valence-corrected chi connectivity index (χ2v) is 6.89. The molecule has 1 aromatic heterocycles. The Labute approximate surface area is 167 Å². The van der Waals surface area contributed by atoms with Gasteiger partial charge >= 0.3 is 5.97 Å². The molecule has 4 rings (SSSR count). The quantitative estimate of drug-likeness (QED) is 0.593. The SMILES string of the molecule is O=CN(CC(=O)O)Cc1ccc(-c2noc(-c3cccc4c3CCNC4)n2)cc1. The van der Waals surface area contributed by atoms with E-state index in [1.807, 2.05) is 36.4 Å². The standard InChI is InChI=1S/C21H20N4O4/c26-13-25(12-19(27)28)11-14-4-6-15(7-5-14)20-23-21(29-24-20)18-3-1-2-16-10-22-9-8-17(16)18/h1-7,13,22H,8-12H2,(H,27,28). The topological polar surface area (TPSA) is 109 Å². The van der Waals surface area contributed by atoms with E-state index < -0.39 is 5.97 Å². The number of rotatable bonds is 7. The Hall–Kier alpha value is -3.52. The molecule has 148 valence electrons. The molecule has 0 aliphatic carbocycles. The highest BCUT2D eigenvalue weighted by Gasteiger charge is 2.18. The van der Waals surface area contributed by atoms with E-state index in [0.29, 0.717) is 18.1 Å². The first-order valence-corrected chi connectivity index (χ1v) is 9.30. The smallest absolute Gasteiger partial charge is 0.323 e. The summed E-state index contributed by atoms with van der Waals surface area (Å²) in [5.74, 6) is -0.0702. The van der Waals surface area contributed by atoms with Crippen molar-refractivity contribution in [3.05, 3.63) is 59.2 Å². The molecule has 2 N–H and O–H groups in total. The molecule has 1 aliphatic heterocycles. The van der Waals surface area contributed by atoms with Crippen molar-refractivity contribution < 1.29 is 19.2 Å². The molecule has 0 saturated heterocycles. The molecule has 1 aliphatic rings. The van der Waals surface area contributed by atoms with Crippen molar-refractivity contribution in [2.24, 2.45) is 0 Å². The fourth-order valence-electron chi connectivity index (χ4n) is 3.48. The van der Waals surface area contributed by atoms with Crippen molar-refractivity contribution in [1.82, 2.24) is 20.4 Å². The molecule has 1 amide bonds. The van der Waals surface area contributed by atoms with Crippen LogP contribution in [0, 0.1) is 0 Å².